The van der Waals surface area contributed by atoms with Gasteiger partial charge in [0.05, 0.1) is 20.3 Å². The summed E-state index contributed by atoms with van der Waals surface area (Å²) in [5.41, 5.74) is 0. The van der Waals surface area contributed by atoms with E-state index in [1.54, 1.807) is 0 Å². The Balaban J connectivity index is 2.56. The number of urea groups is 1. The van der Waals surface area contributed by atoms with Crippen LogP contribution >= 0.6 is 11.8 Å². The van der Waals surface area contributed by atoms with Crippen LogP contribution in [0.3, 0.4) is 0 Å². The number of carboxylic acid groups (broad SMARTS) is 1. The molecule has 0 aliphatic carbocycles. The van der Waals surface area contributed by atoms with E-state index in [-0.39, 0.29) is 13.2 Å². The number of rotatable bonds is 6. The first kappa shape index (κ1) is 17.6. The minimum atomic E-state index is -1.07. The number of morpholine rings is 1. The molecule has 0 aromatic heterocycles. The van der Waals surface area contributed by atoms with Gasteiger partial charge in [-0.25, -0.2) is 14.4 Å². The largest absolute Gasteiger partial charge is 0.480 e. The molecule has 1 aliphatic rings. The molecule has 0 saturated carbocycles. The third-order valence-electron chi connectivity index (χ3n) is 3.02. The molecule has 0 aromatic rings. The predicted octanol–water partition coefficient (Wildman–Crippen LogP) is -0.224. The normalized spacial score (nSPS) is 19.7. The fourth-order valence-corrected chi connectivity index (χ4v) is 2.31. The van der Waals surface area contributed by atoms with Gasteiger partial charge in [-0.15, -0.1) is 0 Å². The minimum Gasteiger partial charge on any atom is -0.480 e. The van der Waals surface area contributed by atoms with Gasteiger partial charge >= 0.3 is 18.0 Å². The molecular formula is C12H20N2O6S. The zero-order valence-electron chi connectivity index (χ0n) is 12.0. The fourth-order valence-electron chi connectivity index (χ4n) is 1.84. The van der Waals surface area contributed by atoms with Crippen LogP contribution in [0.2, 0.25) is 0 Å². The maximum absolute atomic E-state index is 12.1. The number of nitrogens with zero attached hydrogens (tertiary/aromatic N) is 1. The van der Waals surface area contributed by atoms with Crippen molar-refractivity contribution in [2.75, 3.05) is 38.8 Å². The van der Waals surface area contributed by atoms with Gasteiger partial charge in [0.2, 0.25) is 0 Å². The number of carbonyl (C=O) groups excluding carboxylic acids is 2. The van der Waals surface area contributed by atoms with Gasteiger partial charge in [-0.2, -0.15) is 11.8 Å². The standard InChI is InChI=1S/C12H20N2O6S/c1-19-11(17)9-7-14(4-5-20-9)12(18)13-8(10(15)16)3-6-21-2/h8-9H,3-7H2,1-2H3,(H,13,18)(H,15,16)/t8-,9?/m0/s1. The Morgan fingerprint density at radius 1 is 1.52 bits per heavy atom. The van der Waals surface area contributed by atoms with E-state index < -0.39 is 30.1 Å². The molecular weight excluding hydrogens is 300 g/mol. The van der Waals surface area contributed by atoms with E-state index in [1.807, 2.05) is 6.26 Å². The molecule has 21 heavy (non-hydrogen) atoms. The summed E-state index contributed by atoms with van der Waals surface area (Å²) in [6.07, 6.45) is 1.38. The average Bonchev–Trinajstić information content (AvgIpc) is 2.50. The lowest BCUT2D eigenvalue weighted by atomic mass is 10.2. The van der Waals surface area contributed by atoms with Gasteiger partial charge in [-0.3, -0.25) is 0 Å². The second-order valence-corrected chi connectivity index (χ2v) is 5.44. The van der Waals surface area contributed by atoms with Crippen LogP contribution in [0.1, 0.15) is 6.42 Å². The number of carboxylic acids is 1. The summed E-state index contributed by atoms with van der Waals surface area (Å²) in [7, 11) is 1.24. The highest BCUT2D eigenvalue weighted by molar-refractivity contribution is 7.98. The van der Waals surface area contributed by atoms with E-state index in [9.17, 15) is 14.4 Å². The Kier molecular flexibility index (Phi) is 7.30. The molecule has 2 amide bonds. The van der Waals surface area contributed by atoms with Crippen LogP contribution in [0.15, 0.2) is 0 Å². The second-order valence-electron chi connectivity index (χ2n) is 4.45. The molecule has 8 nitrogen and oxygen atoms in total. The van der Waals surface area contributed by atoms with Crippen LogP contribution in [-0.2, 0) is 19.1 Å². The minimum absolute atomic E-state index is 0.0490. The van der Waals surface area contributed by atoms with Crippen molar-refractivity contribution >= 4 is 29.7 Å². The number of carbonyl (C=O) groups is 3. The maximum atomic E-state index is 12.1. The first-order valence-electron chi connectivity index (χ1n) is 6.46. The topological polar surface area (TPSA) is 105 Å². The van der Waals surface area contributed by atoms with Crippen LogP contribution in [0, 0.1) is 0 Å². The van der Waals surface area contributed by atoms with Crippen LogP contribution < -0.4 is 5.32 Å². The molecule has 0 radical (unpaired) electrons. The van der Waals surface area contributed by atoms with Crippen molar-refractivity contribution in [2.45, 2.75) is 18.6 Å². The van der Waals surface area contributed by atoms with Crippen molar-refractivity contribution in [3.8, 4) is 0 Å². The van der Waals surface area contributed by atoms with E-state index in [0.717, 1.165) is 0 Å². The summed E-state index contributed by atoms with van der Waals surface area (Å²) >= 11 is 1.51. The number of hydrogen-bond acceptors (Lipinski definition) is 6. The quantitative estimate of drug-likeness (QED) is 0.652. The molecule has 0 aromatic carbocycles. The Bertz CT molecular complexity index is 392. The maximum Gasteiger partial charge on any atom is 0.336 e. The lowest BCUT2D eigenvalue weighted by molar-refractivity contribution is -0.158. The summed E-state index contributed by atoms with van der Waals surface area (Å²) in [4.78, 5) is 35.9. The third kappa shape index (κ3) is 5.43. The molecule has 1 aliphatic heterocycles. The fraction of sp³-hybridized carbons (Fsp3) is 0.750. The monoisotopic (exact) mass is 320 g/mol. The summed E-state index contributed by atoms with van der Waals surface area (Å²) in [5.74, 6) is -0.995. The molecule has 1 unspecified atom stereocenters. The number of aliphatic carboxylic acids is 1. The van der Waals surface area contributed by atoms with Crippen molar-refractivity contribution in [2.24, 2.45) is 0 Å². The van der Waals surface area contributed by atoms with Crippen LogP contribution in [0.25, 0.3) is 0 Å². The first-order valence-corrected chi connectivity index (χ1v) is 7.85. The number of methoxy groups -OCH3 is 1. The molecule has 2 atom stereocenters. The molecule has 0 bridgehead atoms. The van der Waals surface area contributed by atoms with Gasteiger partial charge in [-0.1, -0.05) is 0 Å². The van der Waals surface area contributed by atoms with Gasteiger partial charge in [0.25, 0.3) is 0 Å². The summed E-state index contributed by atoms with van der Waals surface area (Å²) < 4.78 is 9.78. The zero-order chi connectivity index (χ0) is 15.8. The van der Waals surface area contributed by atoms with Crippen molar-refractivity contribution in [1.82, 2.24) is 10.2 Å². The molecule has 1 saturated heterocycles. The van der Waals surface area contributed by atoms with E-state index in [2.05, 4.69) is 10.1 Å². The highest BCUT2D eigenvalue weighted by Crippen LogP contribution is 2.08. The Labute approximate surface area is 127 Å². The lowest BCUT2D eigenvalue weighted by Gasteiger charge is -2.32. The molecule has 120 valence electrons. The highest BCUT2D eigenvalue weighted by Gasteiger charge is 2.31. The van der Waals surface area contributed by atoms with Crippen molar-refractivity contribution < 1.29 is 29.0 Å². The summed E-state index contributed by atoms with van der Waals surface area (Å²) in [6.45, 7) is 0.553. The zero-order valence-corrected chi connectivity index (χ0v) is 12.9. The Morgan fingerprint density at radius 3 is 2.81 bits per heavy atom. The Hall–Kier alpha value is -1.48. The van der Waals surface area contributed by atoms with E-state index in [1.165, 1.54) is 23.8 Å². The van der Waals surface area contributed by atoms with Crippen molar-refractivity contribution in [3.63, 3.8) is 0 Å². The van der Waals surface area contributed by atoms with E-state index in [4.69, 9.17) is 9.84 Å². The lowest BCUT2D eigenvalue weighted by Crippen LogP contribution is -2.54. The van der Waals surface area contributed by atoms with Crippen LogP contribution in [0.5, 0.6) is 0 Å². The molecule has 9 heteroatoms. The average molecular weight is 320 g/mol. The van der Waals surface area contributed by atoms with Crippen LogP contribution in [0.4, 0.5) is 4.79 Å². The number of hydrogen-bond donors (Lipinski definition) is 2. The summed E-state index contributed by atoms with van der Waals surface area (Å²) in [5, 5.41) is 11.5. The number of amides is 2. The van der Waals surface area contributed by atoms with Gasteiger partial charge in [0, 0.05) is 6.54 Å². The van der Waals surface area contributed by atoms with Crippen molar-refractivity contribution in [3.05, 3.63) is 0 Å². The highest BCUT2D eigenvalue weighted by atomic mass is 32.2. The van der Waals surface area contributed by atoms with E-state index in [0.29, 0.717) is 18.7 Å². The van der Waals surface area contributed by atoms with Crippen molar-refractivity contribution in [1.29, 1.82) is 0 Å². The number of thioether (sulfide) groups is 1. The number of ether oxygens (including phenoxy) is 2. The van der Waals surface area contributed by atoms with Gasteiger partial charge in [-0.05, 0) is 18.4 Å². The third-order valence-corrected chi connectivity index (χ3v) is 3.67. The van der Waals surface area contributed by atoms with Gasteiger partial charge in [0.1, 0.15) is 6.04 Å². The van der Waals surface area contributed by atoms with Gasteiger partial charge in [0.15, 0.2) is 6.10 Å². The molecule has 0 spiro atoms. The van der Waals surface area contributed by atoms with Gasteiger partial charge < -0.3 is 24.8 Å². The first-order chi connectivity index (χ1) is 9.99. The molecule has 1 rings (SSSR count). The Morgan fingerprint density at radius 2 is 2.24 bits per heavy atom. The molecule has 1 heterocycles. The van der Waals surface area contributed by atoms with E-state index >= 15 is 0 Å². The smallest absolute Gasteiger partial charge is 0.336 e. The molecule has 1 fully saturated rings. The van der Waals surface area contributed by atoms with Crippen LogP contribution in [-0.4, -0.2) is 78.9 Å². The SMILES string of the molecule is COC(=O)C1CN(C(=O)N[C@@H](CCSC)C(=O)O)CCO1. The number of nitrogens with one attached hydrogen (secondary N) is 1. The second kappa shape index (κ2) is 8.73. The summed E-state index contributed by atoms with van der Waals surface area (Å²) in [6, 6.07) is -1.45. The molecule has 2 N–H and O–H groups in total. The number of esters is 1. The predicted molar refractivity (Wildman–Crippen MR) is 76.3 cm³/mol.